The summed E-state index contributed by atoms with van der Waals surface area (Å²) in [7, 11) is 0. The van der Waals surface area contributed by atoms with Crippen LogP contribution >= 0.6 is 0 Å². The summed E-state index contributed by atoms with van der Waals surface area (Å²) in [5.74, 6) is -0.254. The molecule has 2 saturated heterocycles. The van der Waals surface area contributed by atoms with Gasteiger partial charge in [-0.3, -0.25) is 19.4 Å². The topological polar surface area (TPSA) is 107 Å². The van der Waals surface area contributed by atoms with Crippen molar-refractivity contribution in [3.63, 3.8) is 0 Å². The minimum atomic E-state index is -0.197. The fraction of sp³-hybridized carbons (Fsp3) is 0.875. The van der Waals surface area contributed by atoms with Crippen LogP contribution in [0, 0.1) is 22.7 Å². The molecule has 0 atom stereocenters. The molecule has 8 heteroatoms. The quantitative estimate of drug-likeness (QED) is 0.148. The minimum absolute atomic E-state index is 0.116. The van der Waals surface area contributed by atoms with Crippen molar-refractivity contribution < 1.29 is 19.1 Å². The minimum Gasteiger partial charge on any atom is -0.462 e. The lowest BCUT2D eigenvalue weighted by atomic mass is 9.78. The zero-order chi connectivity index (χ0) is 30.2. The van der Waals surface area contributed by atoms with Crippen LogP contribution in [-0.2, 0) is 19.1 Å². The molecule has 2 rings (SSSR count). The van der Waals surface area contributed by atoms with Crippen molar-refractivity contribution in [2.75, 3.05) is 13.1 Å². The second-order valence-corrected chi connectivity index (χ2v) is 14.4. The molecule has 8 nitrogen and oxygen atoms in total. The van der Waals surface area contributed by atoms with E-state index in [-0.39, 0.29) is 46.3 Å². The number of carbonyl (C=O) groups is 2. The number of nitriles is 2. The van der Waals surface area contributed by atoms with E-state index in [0.717, 1.165) is 64.2 Å². The van der Waals surface area contributed by atoms with Crippen LogP contribution in [0.5, 0.6) is 0 Å². The summed E-state index contributed by atoms with van der Waals surface area (Å²) in [6, 6.07) is 4.55. The van der Waals surface area contributed by atoms with Gasteiger partial charge in [0.15, 0.2) is 0 Å². The van der Waals surface area contributed by atoms with E-state index in [0.29, 0.717) is 25.9 Å². The van der Waals surface area contributed by atoms with E-state index in [2.05, 4.69) is 77.3 Å². The molecule has 0 N–H and O–H groups in total. The van der Waals surface area contributed by atoms with E-state index in [1.807, 2.05) is 0 Å². The first-order valence-corrected chi connectivity index (χ1v) is 15.2. The molecule has 226 valence electrons. The summed E-state index contributed by atoms with van der Waals surface area (Å²) in [5.41, 5.74) is -0.787. The van der Waals surface area contributed by atoms with Crippen LogP contribution in [0.1, 0.15) is 132 Å². The largest absolute Gasteiger partial charge is 0.462 e. The molecule has 40 heavy (non-hydrogen) atoms. The van der Waals surface area contributed by atoms with Crippen LogP contribution in [0.15, 0.2) is 0 Å². The molecule has 0 amide bonds. The van der Waals surface area contributed by atoms with Gasteiger partial charge in [-0.1, -0.05) is 25.7 Å². The molecule has 0 bridgehead atoms. The Morgan fingerprint density at radius 1 is 0.600 bits per heavy atom. The van der Waals surface area contributed by atoms with E-state index in [4.69, 9.17) is 9.47 Å². The van der Waals surface area contributed by atoms with Gasteiger partial charge in [0, 0.05) is 60.7 Å². The average molecular weight is 559 g/mol. The Bertz CT molecular complexity index is 832. The van der Waals surface area contributed by atoms with Gasteiger partial charge in [-0.05, 0) is 68.2 Å². The molecular weight excluding hydrogens is 504 g/mol. The molecule has 0 spiro atoms. The summed E-state index contributed by atoms with van der Waals surface area (Å²) in [4.78, 5) is 29.4. The summed E-state index contributed by atoms with van der Waals surface area (Å²) in [6.45, 7) is 17.7. The molecule has 2 aliphatic rings. The van der Waals surface area contributed by atoms with Gasteiger partial charge in [-0.15, -0.1) is 0 Å². The molecule has 2 fully saturated rings. The molecule has 0 aromatic rings. The molecule has 0 aromatic heterocycles. The Hall–Kier alpha value is -2.16. The van der Waals surface area contributed by atoms with E-state index in [1.54, 1.807) is 0 Å². The van der Waals surface area contributed by atoms with Gasteiger partial charge >= 0.3 is 11.9 Å². The average Bonchev–Trinajstić information content (AvgIpc) is 2.79. The fourth-order valence-electron chi connectivity index (χ4n) is 7.35. The third kappa shape index (κ3) is 9.74. The number of piperidine rings is 2. The number of hydrogen-bond donors (Lipinski definition) is 0. The van der Waals surface area contributed by atoms with Crippen LogP contribution in [0.2, 0.25) is 0 Å². The van der Waals surface area contributed by atoms with Gasteiger partial charge in [0.25, 0.3) is 0 Å². The van der Waals surface area contributed by atoms with Crippen molar-refractivity contribution >= 4 is 11.9 Å². The van der Waals surface area contributed by atoms with Gasteiger partial charge in [0.1, 0.15) is 12.2 Å². The smallest absolute Gasteiger partial charge is 0.306 e. The number of rotatable bonds is 13. The van der Waals surface area contributed by atoms with E-state index >= 15 is 0 Å². The predicted octanol–water partition coefficient (Wildman–Crippen LogP) is 6.28. The number of hydrogen-bond acceptors (Lipinski definition) is 8. The predicted molar refractivity (Wildman–Crippen MR) is 156 cm³/mol. The molecular formula is C32H54N4O4. The van der Waals surface area contributed by atoms with Crippen molar-refractivity contribution in [1.82, 2.24) is 9.80 Å². The monoisotopic (exact) mass is 558 g/mol. The Balaban J connectivity index is 1.59. The lowest BCUT2D eigenvalue weighted by Crippen LogP contribution is -2.62. The van der Waals surface area contributed by atoms with Crippen LogP contribution < -0.4 is 0 Å². The second kappa shape index (κ2) is 14.1. The standard InChI is InChI=1S/C32H54N4O4/c1-29(2)21-25(22-30(3,4)35(29)19-17-33)39-27(37)15-13-11-9-10-12-14-16-28(38)40-26-23-31(5,6)36(20-18-34)32(7,8)24-26/h25-26H,9-16,19-24H2,1-8H3. The first-order valence-electron chi connectivity index (χ1n) is 15.2. The Morgan fingerprint density at radius 2 is 0.875 bits per heavy atom. The third-order valence-corrected chi connectivity index (χ3v) is 8.90. The van der Waals surface area contributed by atoms with E-state index in [9.17, 15) is 20.1 Å². The molecule has 2 aliphatic heterocycles. The maximum Gasteiger partial charge on any atom is 0.306 e. The van der Waals surface area contributed by atoms with Crippen molar-refractivity contribution in [3.8, 4) is 12.1 Å². The maximum atomic E-state index is 12.5. The van der Waals surface area contributed by atoms with Crippen molar-refractivity contribution in [2.45, 2.75) is 167 Å². The third-order valence-electron chi connectivity index (χ3n) is 8.90. The zero-order valence-corrected chi connectivity index (χ0v) is 26.5. The number of esters is 2. The summed E-state index contributed by atoms with van der Waals surface area (Å²) >= 11 is 0. The number of nitrogens with zero attached hydrogens (tertiary/aromatic N) is 4. The first-order chi connectivity index (χ1) is 18.5. The highest BCUT2D eigenvalue weighted by Crippen LogP contribution is 2.40. The number of ether oxygens (including phenoxy) is 2. The van der Waals surface area contributed by atoms with Gasteiger partial charge in [0.05, 0.1) is 25.2 Å². The molecule has 0 unspecified atom stereocenters. The molecule has 0 radical (unpaired) electrons. The summed E-state index contributed by atoms with van der Waals surface area (Å²) in [5, 5.41) is 18.4. The van der Waals surface area contributed by atoms with Crippen molar-refractivity contribution in [3.05, 3.63) is 0 Å². The molecule has 0 aliphatic carbocycles. The van der Waals surface area contributed by atoms with Crippen LogP contribution in [0.3, 0.4) is 0 Å². The summed E-state index contributed by atoms with van der Waals surface area (Å²) in [6.07, 6.45) is 9.25. The van der Waals surface area contributed by atoms with Gasteiger partial charge in [-0.2, -0.15) is 10.5 Å². The molecule has 2 heterocycles. The Kier molecular flexibility index (Phi) is 12.0. The number of carbonyl (C=O) groups excluding carboxylic acids is 2. The number of unbranched alkanes of at least 4 members (excludes halogenated alkanes) is 5. The van der Waals surface area contributed by atoms with Crippen molar-refractivity contribution in [2.24, 2.45) is 0 Å². The normalized spacial score (nSPS) is 22.6. The highest BCUT2D eigenvalue weighted by molar-refractivity contribution is 5.69. The van der Waals surface area contributed by atoms with Gasteiger partial charge < -0.3 is 9.47 Å². The van der Waals surface area contributed by atoms with E-state index in [1.165, 1.54) is 0 Å². The second-order valence-electron chi connectivity index (χ2n) is 14.4. The first kappa shape index (κ1) is 34.0. The van der Waals surface area contributed by atoms with Crippen LogP contribution in [-0.4, -0.2) is 69.2 Å². The maximum absolute atomic E-state index is 12.5. The van der Waals surface area contributed by atoms with Crippen molar-refractivity contribution in [1.29, 1.82) is 10.5 Å². The Morgan fingerprint density at radius 3 is 1.15 bits per heavy atom. The summed E-state index contributed by atoms with van der Waals surface area (Å²) < 4.78 is 11.7. The molecule has 0 saturated carbocycles. The fourth-order valence-corrected chi connectivity index (χ4v) is 7.35. The Labute approximate surface area is 243 Å². The lowest BCUT2D eigenvalue weighted by Gasteiger charge is -2.53. The van der Waals surface area contributed by atoms with Gasteiger partial charge in [-0.25, -0.2) is 0 Å². The highest BCUT2D eigenvalue weighted by atomic mass is 16.5. The van der Waals surface area contributed by atoms with E-state index < -0.39 is 0 Å². The lowest BCUT2D eigenvalue weighted by molar-refractivity contribution is -0.161. The molecule has 0 aromatic carbocycles. The highest BCUT2D eigenvalue weighted by Gasteiger charge is 2.47. The van der Waals surface area contributed by atoms with Crippen LogP contribution in [0.4, 0.5) is 0 Å². The zero-order valence-electron chi connectivity index (χ0n) is 26.5. The number of likely N-dealkylation sites (tertiary alicyclic amines) is 2. The SMILES string of the molecule is CC1(C)CC(OC(=O)CCCCCCCCC(=O)OC2CC(C)(C)N(CC#N)C(C)(C)C2)CC(C)(C)N1CC#N. The van der Waals surface area contributed by atoms with Crippen LogP contribution in [0.25, 0.3) is 0 Å². The van der Waals surface area contributed by atoms with Gasteiger partial charge in [0.2, 0.25) is 0 Å².